The normalized spacial score (nSPS) is 11.5. The Morgan fingerprint density at radius 3 is 2.20 bits per heavy atom. The van der Waals surface area contributed by atoms with Crippen molar-refractivity contribution in [2.45, 2.75) is 39.4 Å². The van der Waals surface area contributed by atoms with Crippen molar-refractivity contribution in [3.8, 4) is 0 Å². The number of nitrogens with one attached hydrogen (secondary N) is 2. The fourth-order valence-corrected chi connectivity index (χ4v) is 2.74. The number of nitrogens with zero attached hydrogens (tertiary/aromatic N) is 1. The smallest absolute Gasteiger partial charge is 0.338 e. The molecule has 0 spiro atoms. The van der Waals surface area contributed by atoms with E-state index in [2.05, 4.69) is 10.6 Å². The molecule has 0 aliphatic rings. The van der Waals surface area contributed by atoms with Gasteiger partial charge in [-0.15, -0.1) is 0 Å². The molecule has 0 saturated heterocycles. The third-order valence-electron chi connectivity index (χ3n) is 4.65. The molecule has 0 saturated carbocycles. The standard InChI is InChI=1S/C23H29N3O4/c1-16(2)25-23(29)24-14-18-10-12-20(13-11-18)22(28)30-15-21(27)26(4)17(3)19-8-6-5-7-9-19/h5-13,16-17H,14-15H2,1-4H3,(H2,24,25,29)/t17-/m1/s1. The fraction of sp³-hybridized carbons (Fsp3) is 0.348. The second-order valence-corrected chi connectivity index (χ2v) is 7.35. The zero-order valence-electron chi connectivity index (χ0n) is 17.8. The van der Waals surface area contributed by atoms with Gasteiger partial charge in [-0.2, -0.15) is 0 Å². The Morgan fingerprint density at radius 1 is 0.967 bits per heavy atom. The van der Waals surface area contributed by atoms with Crippen LogP contribution in [-0.2, 0) is 16.1 Å². The van der Waals surface area contributed by atoms with Crippen LogP contribution in [0.25, 0.3) is 0 Å². The van der Waals surface area contributed by atoms with Crippen LogP contribution in [0.1, 0.15) is 48.3 Å². The third kappa shape index (κ3) is 6.92. The SMILES string of the molecule is CC(C)NC(=O)NCc1ccc(C(=O)OCC(=O)N(C)[C@H](C)c2ccccc2)cc1. The van der Waals surface area contributed by atoms with E-state index in [1.165, 1.54) is 0 Å². The number of esters is 1. The third-order valence-corrected chi connectivity index (χ3v) is 4.65. The summed E-state index contributed by atoms with van der Waals surface area (Å²) in [5, 5.41) is 5.48. The van der Waals surface area contributed by atoms with Gasteiger partial charge in [0.25, 0.3) is 5.91 Å². The van der Waals surface area contributed by atoms with Gasteiger partial charge in [0, 0.05) is 19.6 Å². The van der Waals surface area contributed by atoms with Crippen LogP contribution in [0.3, 0.4) is 0 Å². The number of amides is 3. The minimum absolute atomic E-state index is 0.0552. The fourth-order valence-electron chi connectivity index (χ4n) is 2.74. The number of hydrogen-bond donors (Lipinski definition) is 2. The van der Waals surface area contributed by atoms with E-state index in [1.807, 2.05) is 51.1 Å². The molecule has 0 bridgehead atoms. The monoisotopic (exact) mass is 411 g/mol. The summed E-state index contributed by atoms with van der Waals surface area (Å²) in [6, 6.07) is 16.0. The van der Waals surface area contributed by atoms with Crippen molar-refractivity contribution in [3.63, 3.8) is 0 Å². The molecule has 0 aromatic heterocycles. The number of likely N-dealkylation sites (N-methyl/N-ethyl adjacent to an activating group) is 1. The van der Waals surface area contributed by atoms with Crippen molar-refractivity contribution in [1.82, 2.24) is 15.5 Å². The molecule has 3 amide bonds. The summed E-state index contributed by atoms with van der Waals surface area (Å²) in [6.45, 7) is 5.69. The molecule has 2 aromatic rings. The summed E-state index contributed by atoms with van der Waals surface area (Å²) >= 11 is 0. The van der Waals surface area contributed by atoms with Crippen LogP contribution >= 0.6 is 0 Å². The highest BCUT2D eigenvalue weighted by molar-refractivity contribution is 5.91. The van der Waals surface area contributed by atoms with Crippen molar-refractivity contribution in [2.24, 2.45) is 0 Å². The van der Waals surface area contributed by atoms with E-state index in [0.717, 1.165) is 11.1 Å². The molecular formula is C23H29N3O4. The van der Waals surface area contributed by atoms with Crippen molar-refractivity contribution < 1.29 is 19.1 Å². The first kappa shape index (κ1) is 22.9. The Labute approximate surface area is 177 Å². The lowest BCUT2D eigenvalue weighted by Crippen LogP contribution is -2.39. The van der Waals surface area contributed by atoms with Gasteiger partial charge in [0.2, 0.25) is 0 Å². The average Bonchev–Trinajstić information content (AvgIpc) is 2.75. The van der Waals surface area contributed by atoms with E-state index in [4.69, 9.17) is 4.74 Å². The van der Waals surface area contributed by atoms with Crippen LogP contribution in [0, 0.1) is 0 Å². The van der Waals surface area contributed by atoms with Crippen LogP contribution in [0.5, 0.6) is 0 Å². The molecule has 7 nitrogen and oxygen atoms in total. The highest BCUT2D eigenvalue weighted by Gasteiger charge is 2.19. The van der Waals surface area contributed by atoms with E-state index in [1.54, 1.807) is 36.2 Å². The molecule has 0 unspecified atom stereocenters. The number of urea groups is 1. The number of rotatable bonds is 8. The number of hydrogen-bond acceptors (Lipinski definition) is 4. The molecule has 0 heterocycles. The maximum atomic E-state index is 12.4. The summed E-state index contributed by atoms with van der Waals surface area (Å²) in [6.07, 6.45) is 0. The maximum absolute atomic E-state index is 12.4. The highest BCUT2D eigenvalue weighted by atomic mass is 16.5. The summed E-state index contributed by atoms with van der Waals surface area (Å²) in [7, 11) is 1.69. The quantitative estimate of drug-likeness (QED) is 0.653. The Morgan fingerprint density at radius 2 is 1.60 bits per heavy atom. The van der Waals surface area contributed by atoms with Gasteiger partial charge in [-0.25, -0.2) is 9.59 Å². The molecule has 160 valence electrons. The molecule has 2 rings (SSSR count). The Balaban J connectivity index is 1.82. The molecule has 2 N–H and O–H groups in total. The maximum Gasteiger partial charge on any atom is 0.338 e. The minimum Gasteiger partial charge on any atom is -0.452 e. The Bertz CT molecular complexity index is 851. The second kappa shape index (κ2) is 11.0. The highest BCUT2D eigenvalue weighted by Crippen LogP contribution is 2.18. The molecule has 0 aliphatic carbocycles. The number of carbonyl (C=O) groups is 3. The first-order valence-electron chi connectivity index (χ1n) is 9.89. The van der Waals surface area contributed by atoms with Gasteiger partial charge in [-0.05, 0) is 44.0 Å². The van der Waals surface area contributed by atoms with Gasteiger partial charge < -0.3 is 20.3 Å². The van der Waals surface area contributed by atoms with E-state index >= 15 is 0 Å². The molecule has 1 atom stereocenters. The molecule has 0 fully saturated rings. The van der Waals surface area contributed by atoms with Gasteiger partial charge in [0.1, 0.15) is 0 Å². The Kier molecular flexibility index (Phi) is 8.41. The van der Waals surface area contributed by atoms with Crippen LogP contribution in [0.2, 0.25) is 0 Å². The summed E-state index contributed by atoms with van der Waals surface area (Å²) in [4.78, 5) is 37.8. The molecular weight excluding hydrogens is 382 g/mol. The van der Waals surface area contributed by atoms with E-state index in [-0.39, 0.29) is 30.6 Å². The van der Waals surface area contributed by atoms with Gasteiger partial charge in [-0.1, -0.05) is 42.5 Å². The molecule has 0 aliphatic heterocycles. The van der Waals surface area contributed by atoms with Gasteiger partial charge >= 0.3 is 12.0 Å². The van der Waals surface area contributed by atoms with Gasteiger partial charge in [-0.3, -0.25) is 4.79 Å². The second-order valence-electron chi connectivity index (χ2n) is 7.35. The first-order valence-corrected chi connectivity index (χ1v) is 9.89. The average molecular weight is 412 g/mol. The zero-order chi connectivity index (χ0) is 22.1. The predicted octanol–water partition coefficient (Wildman–Crippen LogP) is 3.27. The van der Waals surface area contributed by atoms with Crippen molar-refractivity contribution in [3.05, 3.63) is 71.3 Å². The summed E-state index contributed by atoms with van der Waals surface area (Å²) < 4.78 is 5.17. The van der Waals surface area contributed by atoms with Gasteiger partial charge in [0.15, 0.2) is 6.61 Å². The summed E-state index contributed by atoms with van der Waals surface area (Å²) in [5.74, 6) is -0.849. The zero-order valence-corrected chi connectivity index (χ0v) is 17.8. The number of carbonyl (C=O) groups excluding carboxylic acids is 3. The lowest BCUT2D eigenvalue weighted by Gasteiger charge is -2.25. The topological polar surface area (TPSA) is 87.7 Å². The van der Waals surface area contributed by atoms with Gasteiger partial charge in [0.05, 0.1) is 11.6 Å². The van der Waals surface area contributed by atoms with Crippen molar-refractivity contribution in [1.29, 1.82) is 0 Å². The lowest BCUT2D eigenvalue weighted by atomic mass is 10.1. The Hall–Kier alpha value is -3.35. The molecule has 2 aromatic carbocycles. The number of ether oxygens (including phenoxy) is 1. The number of benzene rings is 2. The van der Waals surface area contributed by atoms with Crippen LogP contribution in [0.4, 0.5) is 4.79 Å². The molecule has 7 heteroatoms. The predicted molar refractivity (Wildman–Crippen MR) is 115 cm³/mol. The van der Waals surface area contributed by atoms with Crippen LogP contribution in [0.15, 0.2) is 54.6 Å². The summed E-state index contributed by atoms with van der Waals surface area (Å²) in [5.41, 5.74) is 2.20. The lowest BCUT2D eigenvalue weighted by molar-refractivity contribution is -0.135. The first-order chi connectivity index (χ1) is 14.3. The van der Waals surface area contributed by atoms with Crippen LogP contribution < -0.4 is 10.6 Å². The molecule has 0 radical (unpaired) electrons. The largest absolute Gasteiger partial charge is 0.452 e. The van der Waals surface area contributed by atoms with Crippen molar-refractivity contribution in [2.75, 3.05) is 13.7 Å². The van der Waals surface area contributed by atoms with Crippen molar-refractivity contribution >= 4 is 17.9 Å². The minimum atomic E-state index is -0.568. The van der Waals surface area contributed by atoms with Crippen LogP contribution in [-0.4, -0.2) is 42.5 Å². The van der Waals surface area contributed by atoms with E-state index in [9.17, 15) is 14.4 Å². The van der Waals surface area contributed by atoms with E-state index < -0.39 is 5.97 Å². The van der Waals surface area contributed by atoms with E-state index in [0.29, 0.717) is 12.1 Å². The molecule has 30 heavy (non-hydrogen) atoms.